The predicted octanol–water partition coefficient (Wildman–Crippen LogP) is 1.83. The summed E-state index contributed by atoms with van der Waals surface area (Å²) in [4.78, 5) is 48.7. The van der Waals surface area contributed by atoms with Gasteiger partial charge in [-0.25, -0.2) is 4.98 Å². The molecule has 222 valence electrons. The molecule has 5 rings (SSSR count). The Morgan fingerprint density at radius 1 is 1.12 bits per heavy atom. The topological polar surface area (TPSA) is 131 Å². The minimum Gasteiger partial charge on any atom is -0.368 e. The van der Waals surface area contributed by atoms with E-state index in [-0.39, 0.29) is 36.7 Å². The van der Waals surface area contributed by atoms with Gasteiger partial charge in [-0.1, -0.05) is 28.6 Å². The summed E-state index contributed by atoms with van der Waals surface area (Å²) in [6, 6.07) is 9.50. The van der Waals surface area contributed by atoms with Crippen LogP contribution in [-0.4, -0.2) is 98.9 Å². The highest BCUT2D eigenvalue weighted by atomic mass is 79.9. The average Bonchev–Trinajstić information content (AvgIpc) is 3.22. The van der Waals surface area contributed by atoms with E-state index in [0.717, 1.165) is 32.5 Å². The first kappa shape index (κ1) is 29.7. The molecule has 2 fully saturated rings. The molecule has 12 heteroatoms. The zero-order chi connectivity index (χ0) is 30.0. The summed E-state index contributed by atoms with van der Waals surface area (Å²) in [6.07, 6.45) is 2.49. The zero-order valence-electron chi connectivity index (χ0n) is 23.5. The SMILES string of the molecule is C=CC(=O)N1CC(NC(=O)Cn2c(C)c(C(=O)N3CCN(c4ccc(CCC(O)O)cn4)CC3)c3cc(Br)ccc32)C1. The molecule has 3 aromatic rings. The van der Waals surface area contributed by atoms with E-state index in [9.17, 15) is 14.4 Å². The van der Waals surface area contributed by atoms with E-state index in [1.807, 2.05) is 46.7 Å². The lowest BCUT2D eigenvalue weighted by Gasteiger charge is -2.38. The van der Waals surface area contributed by atoms with Crippen LogP contribution in [0.15, 0.2) is 53.7 Å². The van der Waals surface area contributed by atoms with Crippen molar-refractivity contribution in [2.24, 2.45) is 0 Å². The molecule has 3 N–H and O–H groups in total. The summed E-state index contributed by atoms with van der Waals surface area (Å²) in [5.74, 6) is 0.430. The predicted molar refractivity (Wildman–Crippen MR) is 162 cm³/mol. The highest BCUT2D eigenvalue weighted by Crippen LogP contribution is 2.30. The van der Waals surface area contributed by atoms with Crippen molar-refractivity contribution in [3.05, 3.63) is 70.5 Å². The number of halogens is 1. The number of fused-ring (bicyclic) bond motifs is 1. The normalized spacial score (nSPS) is 15.7. The van der Waals surface area contributed by atoms with Crippen LogP contribution in [0.5, 0.6) is 0 Å². The monoisotopic (exact) mass is 638 g/mol. The molecule has 2 saturated heterocycles. The first-order valence-corrected chi connectivity index (χ1v) is 14.8. The Labute approximate surface area is 252 Å². The number of aliphatic hydroxyl groups is 2. The number of piperazine rings is 1. The van der Waals surface area contributed by atoms with Gasteiger partial charge in [0.05, 0.1) is 11.6 Å². The molecule has 0 spiro atoms. The van der Waals surface area contributed by atoms with Crippen LogP contribution < -0.4 is 10.2 Å². The van der Waals surface area contributed by atoms with Crippen LogP contribution in [-0.2, 0) is 22.6 Å². The lowest BCUT2D eigenvalue weighted by Crippen LogP contribution is -2.61. The number of carbonyl (C=O) groups excluding carboxylic acids is 3. The van der Waals surface area contributed by atoms with E-state index in [4.69, 9.17) is 10.2 Å². The van der Waals surface area contributed by atoms with Gasteiger partial charge >= 0.3 is 0 Å². The van der Waals surface area contributed by atoms with E-state index < -0.39 is 6.29 Å². The maximum Gasteiger partial charge on any atom is 0.256 e. The molecule has 2 aliphatic heterocycles. The second-order valence-electron chi connectivity index (χ2n) is 10.7. The lowest BCUT2D eigenvalue weighted by molar-refractivity contribution is -0.133. The second-order valence-corrected chi connectivity index (χ2v) is 11.7. The maximum atomic E-state index is 13.9. The minimum atomic E-state index is -1.33. The molecule has 2 aliphatic rings. The number of hydrogen-bond donors (Lipinski definition) is 3. The fourth-order valence-corrected chi connectivity index (χ4v) is 5.93. The van der Waals surface area contributed by atoms with Gasteiger partial charge in [0, 0.05) is 73.0 Å². The molecule has 0 radical (unpaired) electrons. The van der Waals surface area contributed by atoms with Crippen molar-refractivity contribution >= 4 is 50.4 Å². The summed E-state index contributed by atoms with van der Waals surface area (Å²) in [5, 5.41) is 22.0. The maximum absolute atomic E-state index is 13.9. The number of likely N-dealkylation sites (tertiary alicyclic amines) is 1. The number of pyridine rings is 1. The van der Waals surface area contributed by atoms with Crippen LogP contribution in [0, 0.1) is 6.92 Å². The number of aliphatic hydroxyl groups excluding tert-OH is 1. The lowest BCUT2D eigenvalue weighted by atomic mass is 10.1. The van der Waals surface area contributed by atoms with Crippen molar-refractivity contribution in [1.82, 2.24) is 24.7 Å². The van der Waals surface area contributed by atoms with Gasteiger partial charge in [-0.05, 0) is 49.2 Å². The summed E-state index contributed by atoms with van der Waals surface area (Å²) >= 11 is 3.53. The summed E-state index contributed by atoms with van der Waals surface area (Å²) < 4.78 is 2.73. The summed E-state index contributed by atoms with van der Waals surface area (Å²) in [7, 11) is 0. The van der Waals surface area contributed by atoms with Gasteiger partial charge in [0.1, 0.15) is 12.4 Å². The van der Waals surface area contributed by atoms with E-state index in [1.54, 1.807) is 11.1 Å². The molecule has 11 nitrogen and oxygen atoms in total. The highest BCUT2D eigenvalue weighted by molar-refractivity contribution is 9.10. The molecule has 0 unspecified atom stereocenters. The van der Waals surface area contributed by atoms with Gasteiger partial charge in [0.15, 0.2) is 6.29 Å². The van der Waals surface area contributed by atoms with Crippen molar-refractivity contribution in [3.63, 3.8) is 0 Å². The van der Waals surface area contributed by atoms with Gasteiger partial charge < -0.3 is 34.8 Å². The zero-order valence-corrected chi connectivity index (χ0v) is 25.1. The molecule has 3 amide bonds. The van der Waals surface area contributed by atoms with Gasteiger partial charge in [0.2, 0.25) is 11.8 Å². The molecule has 1 aromatic carbocycles. The van der Waals surface area contributed by atoms with Crippen molar-refractivity contribution in [2.75, 3.05) is 44.2 Å². The van der Waals surface area contributed by atoms with E-state index >= 15 is 0 Å². The fourth-order valence-electron chi connectivity index (χ4n) is 5.57. The van der Waals surface area contributed by atoms with Gasteiger partial charge in [0.25, 0.3) is 5.91 Å². The number of nitrogens with one attached hydrogen (secondary N) is 1. The number of anilines is 1. The molecular formula is C30H35BrN6O5. The van der Waals surface area contributed by atoms with Crippen LogP contribution in [0.1, 0.15) is 28.0 Å². The second kappa shape index (κ2) is 12.6. The summed E-state index contributed by atoms with van der Waals surface area (Å²) in [5.41, 5.74) is 3.06. The van der Waals surface area contributed by atoms with Crippen molar-refractivity contribution in [2.45, 2.75) is 38.6 Å². The number of amides is 3. The van der Waals surface area contributed by atoms with Crippen molar-refractivity contribution in [3.8, 4) is 0 Å². The first-order chi connectivity index (χ1) is 20.1. The van der Waals surface area contributed by atoms with Gasteiger partial charge in [-0.3, -0.25) is 14.4 Å². The fraction of sp³-hybridized carbons (Fsp3) is 0.400. The smallest absolute Gasteiger partial charge is 0.256 e. The number of aryl methyl sites for hydroxylation is 1. The molecule has 0 bridgehead atoms. The largest absolute Gasteiger partial charge is 0.368 e. The quantitative estimate of drug-likeness (QED) is 0.241. The molecular weight excluding hydrogens is 604 g/mol. The van der Waals surface area contributed by atoms with E-state index in [2.05, 4.69) is 37.7 Å². The Kier molecular flexibility index (Phi) is 8.95. The first-order valence-electron chi connectivity index (χ1n) is 14.0. The molecule has 4 heterocycles. The third-order valence-electron chi connectivity index (χ3n) is 7.93. The Morgan fingerprint density at radius 2 is 1.86 bits per heavy atom. The minimum absolute atomic E-state index is 0.0653. The van der Waals surface area contributed by atoms with Gasteiger partial charge in [-0.15, -0.1) is 0 Å². The van der Waals surface area contributed by atoms with Crippen LogP contribution in [0.2, 0.25) is 0 Å². The Morgan fingerprint density at radius 3 is 2.50 bits per heavy atom. The molecule has 0 atom stereocenters. The van der Waals surface area contributed by atoms with Crippen LogP contribution >= 0.6 is 15.9 Å². The Hall–Kier alpha value is -3.74. The number of aromatic nitrogens is 2. The standard InChI is InChI=1S/C30H35BrN6O5/c1-3-27(39)36-16-22(17-36)33-26(38)18-37-19(2)29(23-14-21(31)6-7-24(23)37)30(42)35-12-10-34(11-13-35)25-8-4-20(15-32-25)5-9-28(40)41/h3-4,6-8,14-15,22,28,40-41H,1,5,9-13,16-18H2,2H3,(H,33,38). The number of benzene rings is 1. The highest BCUT2D eigenvalue weighted by Gasteiger charge is 2.32. The molecule has 0 saturated carbocycles. The Balaban J connectivity index is 1.26. The van der Waals surface area contributed by atoms with Crippen LogP contribution in [0.4, 0.5) is 5.82 Å². The van der Waals surface area contributed by atoms with Crippen LogP contribution in [0.25, 0.3) is 10.9 Å². The number of hydrogen-bond acceptors (Lipinski definition) is 7. The van der Waals surface area contributed by atoms with Crippen molar-refractivity contribution in [1.29, 1.82) is 0 Å². The Bertz CT molecular complexity index is 1490. The average molecular weight is 640 g/mol. The number of nitrogens with zero attached hydrogens (tertiary/aromatic N) is 5. The third kappa shape index (κ3) is 6.35. The van der Waals surface area contributed by atoms with Crippen molar-refractivity contribution < 1.29 is 24.6 Å². The third-order valence-corrected chi connectivity index (χ3v) is 8.42. The molecule has 0 aliphatic carbocycles. The van der Waals surface area contributed by atoms with E-state index in [1.165, 1.54) is 6.08 Å². The summed E-state index contributed by atoms with van der Waals surface area (Å²) in [6.45, 7) is 8.67. The van der Waals surface area contributed by atoms with Crippen LogP contribution in [0.3, 0.4) is 0 Å². The van der Waals surface area contributed by atoms with E-state index in [0.29, 0.717) is 51.3 Å². The van der Waals surface area contributed by atoms with Gasteiger partial charge in [-0.2, -0.15) is 0 Å². The number of rotatable bonds is 9. The molecule has 2 aromatic heterocycles. The number of carbonyl (C=O) groups is 3. The molecule has 42 heavy (non-hydrogen) atoms.